The van der Waals surface area contributed by atoms with E-state index < -0.39 is 0 Å². The summed E-state index contributed by atoms with van der Waals surface area (Å²) in [6.45, 7) is 3.43. The van der Waals surface area contributed by atoms with Gasteiger partial charge in [0.2, 0.25) is 0 Å². The molecular weight excluding hydrogens is 368 g/mol. The van der Waals surface area contributed by atoms with Gasteiger partial charge in [-0.15, -0.1) is 0 Å². The molecule has 1 aromatic heterocycles. The summed E-state index contributed by atoms with van der Waals surface area (Å²) in [5.74, 6) is 0.488. The molecule has 1 aromatic carbocycles. The summed E-state index contributed by atoms with van der Waals surface area (Å²) < 4.78 is 5.51. The highest BCUT2D eigenvalue weighted by molar-refractivity contribution is 5.96. The van der Waals surface area contributed by atoms with Crippen LogP contribution in [-0.2, 0) is 0 Å². The van der Waals surface area contributed by atoms with Gasteiger partial charge in [0.15, 0.2) is 0 Å². The molecule has 0 bridgehead atoms. The second-order valence-electron chi connectivity index (χ2n) is 7.37. The standard InChI is InChI=1S/C22H26N4O3/c1-29-20-10-3-2-7-16(20)19-15-23-11-14-26(19)22(28)18-9-6-8-17(24-18)21(27)25-12-4-5-13-25/h2-3,6-10,19,23H,4-5,11-15H2,1H3. The van der Waals surface area contributed by atoms with Crippen LogP contribution in [0, 0.1) is 0 Å². The predicted octanol–water partition coefficient (Wildman–Crippen LogP) is 2.11. The third-order valence-electron chi connectivity index (χ3n) is 5.58. The van der Waals surface area contributed by atoms with Crippen molar-refractivity contribution < 1.29 is 14.3 Å². The molecule has 3 heterocycles. The van der Waals surface area contributed by atoms with E-state index in [-0.39, 0.29) is 17.9 Å². The van der Waals surface area contributed by atoms with Gasteiger partial charge in [-0.3, -0.25) is 9.59 Å². The van der Waals surface area contributed by atoms with E-state index in [2.05, 4.69) is 10.3 Å². The first-order valence-electron chi connectivity index (χ1n) is 10.1. The number of likely N-dealkylation sites (tertiary alicyclic amines) is 1. The highest BCUT2D eigenvalue weighted by Crippen LogP contribution is 2.31. The summed E-state index contributed by atoms with van der Waals surface area (Å²) in [6, 6.07) is 12.7. The number of nitrogens with one attached hydrogen (secondary N) is 1. The SMILES string of the molecule is COc1ccccc1C1CNCCN1C(=O)c1cccc(C(=O)N2CCCC2)n1. The number of benzene rings is 1. The van der Waals surface area contributed by atoms with Crippen molar-refractivity contribution in [3.05, 3.63) is 59.4 Å². The van der Waals surface area contributed by atoms with E-state index in [0.717, 1.165) is 37.2 Å². The largest absolute Gasteiger partial charge is 0.496 e. The minimum atomic E-state index is -0.168. The van der Waals surface area contributed by atoms with Crippen molar-refractivity contribution in [1.82, 2.24) is 20.1 Å². The Kier molecular flexibility index (Phi) is 5.76. The van der Waals surface area contributed by atoms with Crippen LogP contribution in [0.5, 0.6) is 5.75 Å². The number of rotatable bonds is 4. The van der Waals surface area contributed by atoms with Gasteiger partial charge in [-0.2, -0.15) is 0 Å². The third-order valence-corrected chi connectivity index (χ3v) is 5.58. The summed E-state index contributed by atoms with van der Waals surface area (Å²) in [6.07, 6.45) is 2.04. The molecule has 4 rings (SSSR count). The number of carbonyl (C=O) groups excluding carboxylic acids is 2. The van der Waals surface area contributed by atoms with Crippen LogP contribution in [0.25, 0.3) is 0 Å². The minimum Gasteiger partial charge on any atom is -0.496 e. The Hall–Kier alpha value is -2.93. The molecule has 2 amide bonds. The molecule has 0 spiro atoms. The first-order valence-corrected chi connectivity index (χ1v) is 10.1. The molecule has 7 heteroatoms. The number of carbonyl (C=O) groups is 2. The van der Waals surface area contributed by atoms with Gasteiger partial charge in [0, 0.05) is 38.3 Å². The number of hydrogen-bond acceptors (Lipinski definition) is 5. The van der Waals surface area contributed by atoms with E-state index in [9.17, 15) is 9.59 Å². The zero-order chi connectivity index (χ0) is 20.2. The van der Waals surface area contributed by atoms with Gasteiger partial charge in [-0.25, -0.2) is 4.98 Å². The van der Waals surface area contributed by atoms with E-state index in [0.29, 0.717) is 31.0 Å². The van der Waals surface area contributed by atoms with Crippen LogP contribution in [-0.4, -0.2) is 66.4 Å². The quantitative estimate of drug-likeness (QED) is 0.860. The normalized spacial score (nSPS) is 19.3. The summed E-state index contributed by atoms with van der Waals surface area (Å²) >= 11 is 0. The minimum absolute atomic E-state index is 0.0984. The highest BCUT2D eigenvalue weighted by Gasteiger charge is 2.31. The Labute approximate surface area is 170 Å². The Morgan fingerprint density at radius 1 is 1.00 bits per heavy atom. The van der Waals surface area contributed by atoms with Gasteiger partial charge in [-0.1, -0.05) is 24.3 Å². The van der Waals surface area contributed by atoms with E-state index in [4.69, 9.17) is 4.74 Å². The Morgan fingerprint density at radius 3 is 2.48 bits per heavy atom. The van der Waals surface area contributed by atoms with Gasteiger partial charge in [0.25, 0.3) is 11.8 Å². The number of ether oxygens (including phenoxy) is 1. The number of para-hydroxylation sites is 1. The predicted molar refractivity (Wildman–Crippen MR) is 109 cm³/mol. The average molecular weight is 394 g/mol. The maximum atomic E-state index is 13.3. The molecule has 2 fully saturated rings. The number of piperazine rings is 1. The lowest BCUT2D eigenvalue weighted by atomic mass is 10.0. The van der Waals surface area contributed by atoms with Crippen LogP contribution in [0.1, 0.15) is 45.4 Å². The number of methoxy groups -OCH3 is 1. The molecule has 2 saturated heterocycles. The Bertz CT molecular complexity index is 895. The van der Waals surface area contributed by atoms with Crippen LogP contribution < -0.4 is 10.1 Å². The van der Waals surface area contributed by atoms with Crippen LogP contribution in [0.2, 0.25) is 0 Å². The van der Waals surface area contributed by atoms with E-state index in [1.165, 1.54) is 0 Å². The molecule has 0 radical (unpaired) electrons. The Morgan fingerprint density at radius 2 is 1.72 bits per heavy atom. The smallest absolute Gasteiger partial charge is 0.273 e. The summed E-state index contributed by atoms with van der Waals surface area (Å²) in [5, 5.41) is 3.36. The summed E-state index contributed by atoms with van der Waals surface area (Å²) in [4.78, 5) is 34.1. The first-order chi connectivity index (χ1) is 14.2. The number of pyridine rings is 1. The zero-order valence-electron chi connectivity index (χ0n) is 16.6. The Balaban J connectivity index is 1.60. The van der Waals surface area contributed by atoms with Gasteiger partial charge < -0.3 is 19.9 Å². The number of nitrogens with zero attached hydrogens (tertiary/aromatic N) is 3. The molecule has 2 aliphatic heterocycles. The van der Waals surface area contributed by atoms with Crippen molar-refractivity contribution >= 4 is 11.8 Å². The number of aromatic nitrogens is 1. The lowest BCUT2D eigenvalue weighted by molar-refractivity contribution is 0.0625. The molecule has 152 valence electrons. The number of hydrogen-bond donors (Lipinski definition) is 1. The van der Waals surface area contributed by atoms with Crippen molar-refractivity contribution in [1.29, 1.82) is 0 Å². The van der Waals surface area contributed by atoms with Crippen LogP contribution in [0.15, 0.2) is 42.5 Å². The molecule has 29 heavy (non-hydrogen) atoms. The van der Waals surface area contributed by atoms with Gasteiger partial charge in [0.1, 0.15) is 17.1 Å². The third kappa shape index (κ3) is 3.96. The fourth-order valence-corrected chi connectivity index (χ4v) is 4.07. The average Bonchev–Trinajstić information content (AvgIpc) is 3.33. The number of amides is 2. The van der Waals surface area contributed by atoms with Crippen LogP contribution in [0.3, 0.4) is 0 Å². The van der Waals surface area contributed by atoms with Gasteiger partial charge >= 0.3 is 0 Å². The second kappa shape index (κ2) is 8.61. The molecule has 1 atom stereocenters. The second-order valence-corrected chi connectivity index (χ2v) is 7.37. The summed E-state index contributed by atoms with van der Waals surface area (Å²) in [5.41, 5.74) is 1.60. The van der Waals surface area contributed by atoms with Gasteiger partial charge in [0.05, 0.1) is 13.2 Å². The summed E-state index contributed by atoms with van der Waals surface area (Å²) in [7, 11) is 1.64. The van der Waals surface area contributed by atoms with Crippen LogP contribution >= 0.6 is 0 Å². The van der Waals surface area contributed by atoms with Crippen molar-refractivity contribution in [2.24, 2.45) is 0 Å². The molecule has 0 aliphatic carbocycles. The lowest BCUT2D eigenvalue weighted by Crippen LogP contribution is -2.49. The van der Waals surface area contributed by atoms with E-state index in [1.54, 1.807) is 30.2 Å². The first kappa shape index (κ1) is 19.4. The molecule has 1 unspecified atom stereocenters. The maximum absolute atomic E-state index is 13.3. The molecule has 2 aromatic rings. The maximum Gasteiger partial charge on any atom is 0.273 e. The molecule has 2 aliphatic rings. The van der Waals surface area contributed by atoms with E-state index >= 15 is 0 Å². The molecule has 1 N–H and O–H groups in total. The molecule has 7 nitrogen and oxygen atoms in total. The molecular formula is C22H26N4O3. The van der Waals surface area contributed by atoms with Gasteiger partial charge in [-0.05, 0) is 31.0 Å². The van der Waals surface area contributed by atoms with Crippen molar-refractivity contribution in [3.8, 4) is 5.75 Å². The van der Waals surface area contributed by atoms with E-state index in [1.807, 2.05) is 29.2 Å². The monoisotopic (exact) mass is 394 g/mol. The topological polar surface area (TPSA) is 74.8 Å². The van der Waals surface area contributed by atoms with Crippen molar-refractivity contribution in [2.75, 3.05) is 39.8 Å². The fourth-order valence-electron chi connectivity index (χ4n) is 4.07. The van der Waals surface area contributed by atoms with Crippen molar-refractivity contribution in [2.45, 2.75) is 18.9 Å². The van der Waals surface area contributed by atoms with Crippen LogP contribution in [0.4, 0.5) is 0 Å². The fraction of sp³-hybridized carbons (Fsp3) is 0.409. The molecule has 0 saturated carbocycles. The highest BCUT2D eigenvalue weighted by atomic mass is 16.5. The zero-order valence-corrected chi connectivity index (χ0v) is 16.6. The lowest BCUT2D eigenvalue weighted by Gasteiger charge is -2.37. The van der Waals surface area contributed by atoms with Crippen molar-refractivity contribution in [3.63, 3.8) is 0 Å².